The lowest BCUT2D eigenvalue weighted by Gasteiger charge is -2.41. The summed E-state index contributed by atoms with van der Waals surface area (Å²) < 4.78 is 1.70. The fourth-order valence-electron chi connectivity index (χ4n) is 3.77. The number of rotatable bonds is 5. The van der Waals surface area contributed by atoms with Crippen LogP contribution in [0.1, 0.15) is 30.4 Å². The Balaban J connectivity index is 1.73. The van der Waals surface area contributed by atoms with E-state index >= 15 is 0 Å². The highest BCUT2D eigenvalue weighted by molar-refractivity contribution is 5.86. The topological polar surface area (TPSA) is 67.2 Å². The standard InChI is InChI=1S/C20H26N4O2/c1-16-7-3-4-8-17(16)9-10-18(25)23-13-5-11-20(15-23,19(26)21-2)24-14-6-12-22-24/h3-4,6-8,12,14H,5,9-11,13,15H2,1-2H3,(H,21,26). The Morgan fingerprint density at radius 2 is 2.08 bits per heavy atom. The van der Waals surface area contributed by atoms with Crippen LogP contribution in [0.25, 0.3) is 0 Å². The molecule has 138 valence electrons. The Bertz CT molecular complexity index is 772. The molecular formula is C20H26N4O2. The monoisotopic (exact) mass is 354 g/mol. The predicted octanol–water partition coefficient (Wildman–Crippen LogP) is 1.89. The number of carbonyl (C=O) groups is 2. The normalized spacial score (nSPS) is 20.0. The van der Waals surface area contributed by atoms with Gasteiger partial charge in [-0.15, -0.1) is 0 Å². The first-order chi connectivity index (χ1) is 12.6. The summed E-state index contributed by atoms with van der Waals surface area (Å²) in [5.41, 5.74) is 1.58. The molecule has 26 heavy (non-hydrogen) atoms. The number of nitrogens with one attached hydrogen (secondary N) is 1. The maximum Gasteiger partial charge on any atom is 0.249 e. The molecule has 1 saturated heterocycles. The first-order valence-corrected chi connectivity index (χ1v) is 9.11. The van der Waals surface area contributed by atoms with Crippen LogP contribution in [0.15, 0.2) is 42.7 Å². The average Bonchev–Trinajstić information content (AvgIpc) is 3.22. The van der Waals surface area contributed by atoms with E-state index in [2.05, 4.69) is 29.5 Å². The number of hydrogen-bond donors (Lipinski definition) is 1. The van der Waals surface area contributed by atoms with Gasteiger partial charge in [-0.2, -0.15) is 5.10 Å². The molecule has 0 bridgehead atoms. The minimum atomic E-state index is -0.825. The third-order valence-corrected chi connectivity index (χ3v) is 5.29. The molecule has 0 radical (unpaired) electrons. The summed E-state index contributed by atoms with van der Waals surface area (Å²) in [5.74, 6) is -0.00834. The molecule has 2 aromatic rings. The molecule has 1 aliphatic heterocycles. The van der Waals surface area contributed by atoms with Gasteiger partial charge in [-0.3, -0.25) is 14.3 Å². The van der Waals surface area contributed by atoms with Gasteiger partial charge in [0.25, 0.3) is 0 Å². The van der Waals surface area contributed by atoms with Crippen LogP contribution < -0.4 is 5.32 Å². The molecule has 2 heterocycles. The van der Waals surface area contributed by atoms with E-state index in [0.717, 1.165) is 12.8 Å². The lowest BCUT2D eigenvalue weighted by molar-refractivity contribution is -0.140. The zero-order valence-electron chi connectivity index (χ0n) is 15.4. The lowest BCUT2D eigenvalue weighted by atomic mass is 9.87. The third kappa shape index (κ3) is 3.49. The van der Waals surface area contributed by atoms with Crippen LogP contribution in [0.2, 0.25) is 0 Å². The molecule has 6 nitrogen and oxygen atoms in total. The van der Waals surface area contributed by atoms with Crippen molar-refractivity contribution in [3.8, 4) is 0 Å². The van der Waals surface area contributed by atoms with Gasteiger partial charge in [0.2, 0.25) is 11.8 Å². The van der Waals surface area contributed by atoms with Crippen molar-refractivity contribution < 1.29 is 9.59 Å². The van der Waals surface area contributed by atoms with E-state index in [-0.39, 0.29) is 11.8 Å². The van der Waals surface area contributed by atoms with E-state index < -0.39 is 5.54 Å². The van der Waals surface area contributed by atoms with Gasteiger partial charge < -0.3 is 10.2 Å². The summed E-state index contributed by atoms with van der Waals surface area (Å²) in [6, 6.07) is 9.95. The van der Waals surface area contributed by atoms with Gasteiger partial charge in [0.15, 0.2) is 5.54 Å². The molecule has 0 saturated carbocycles. The molecule has 3 rings (SSSR count). The number of piperidine rings is 1. The lowest BCUT2D eigenvalue weighted by Crippen LogP contribution is -2.59. The van der Waals surface area contributed by atoms with Gasteiger partial charge in [-0.1, -0.05) is 24.3 Å². The van der Waals surface area contributed by atoms with Gasteiger partial charge >= 0.3 is 0 Å². The Hall–Kier alpha value is -2.63. The number of hydrogen-bond acceptors (Lipinski definition) is 3. The molecule has 1 aromatic heterocycles. The van der Waals surface area contributed by atoms with Crippen LogP contribution in [-0.4, -0.2) is 46.6 Å². The van der Waals surface area contributed by atoms with E-state index in [9.17, 15) is 9.59 Å². The zero-order valence-corrected chi connectivity index (χ0v) is 15.4. The molecule has 2 amide bonds. The fraction of sp³-hybridized carbons (Fsp3) is 0.450. The number of likely N-dealkylation sites (tertiary alicyclic amines) is 1. The average molecular weight is 354 g/mol. The second kappa shape index (κ2) is 7.72. The largest absolute Gasteiger partial charge is 0.357 e. The Kier molecular flexibility index (Phi) is 5.40. The summed E-state index contributed by atoms with van der Waals surface area (Å²) in [6.07, 6.45) is 6.10. The highest BCUT2D eigenvalue weighted by Crippen LogP contribution is 2.29. The third-order valence-electron chi connectivity index (χ3n) is 5.29. The number of benzene rings is 1. The van der Waals surface area contributed by atoms with E-state index in [1.54, 1.807) is 24.1 Å². The van der Waals surface area contributed by atoms with Crippen molar-refractivity contribution in [2.75, 3.05) is 20.1 Å². The Morgan fingerprint density at radius 3 is 2.77 bits per heavy atom. The van der Waals surface area contributed by atoms with E-state index in [4.69, 9.17) is 0 Å². The van der Waals surface area contributed by atoms with Crippen LogP contribution in [-0.2, 0) is 21.5 Å². The maximum absolute atomic E-state index is 12.8. The molecule has 1 N–H and O–H groups in total. The quantitative estimate of drug-likeness (QED) is 0.892. The van der Waals surface area contributed by atoms with Gasteiger partial charge in [-0.05, 0) is 43.4 Å². The Labute approximate surface area is 154 Å². The van der Waals surface area contributed by atoms with Gasteiger partial charge in [-0.25, -0.2) is 0 Å². The van der Waals surface area contributed by atoms with Crippen molar-refractivity contribution in [2.45, 2.75) is 38.1 Å². The summed E-state index contributed by atoms with van der Waals surface area (Å²) >= 11 is 0. The summed E-state index contributed by atoms with van der Waals surface area (Å²) in [5, 5.41) is 7.05. The summed E-state index contributed by atoms with van der Waals surface area (Å²) in [7, 11) is 1.63. The van der Waals surface area contributed by atoms with Crippen molar-refractivity contribution >= 4 is 11.8 Å². The van der Waals surface area contributed by atoms with Crippen molar-refractivity contribution in [1.29, 1.82) is 0 Å². The molecule has 0 spiro atoms. The van der Waals surface area contributed by atoms with Crippen LogP contribution in [0.5, 0.6) is 0 Å². The first kappa shape index (κ1) is 18.2. The molecule has 1 atom stereocenters. The molecule has 1 unspecified atom stereocenters. The Morgan fingerprint density at radius 1 is 1.27 bits per heavy atom. The highest BCUT2D eigenvalue weighted by atomic mass is 16.2. The second-order valence-corrected chi connectivity index (χ2v) is 6.91. The van der Waals surface area contributed by atoms with E-state index in [1.165, 1.54) is 11.1 Å². The molecular weight excluding hydrogens is 328 g/mol. The highest BCUT2D eigenvalue weighted by Gasteiger charge is 2.45. The molecule has 1 fully saturated rings. The summed E-state index contributed by atoms with van der Waals surface area (Å²) in [6.45, 7) is 3.11. The number of carbonyl (C=O) groups excluding carboxylic acids is 2. The van der Waals surface area contributed by atoms with E-state index in [1.807, 2.05) is 23.1 Å². The van der Waals surface area contributed by atoms with Crippen molar-refractivity contribution in [3.63, 3.8) is 0 Å². The van der Waals surface area contributed by atoms with Gasteiger partial charge in [0.05, 0.1) is 6.54 Å². The van der Waals surface area contributed by atoms with Crippen molar-refractivity contribution in [2.24, 2.45) is 0 Å². The molecule has 0 aliphatic carbocycles. The maximum atomic E-state index is 12.8. The minimum Gasteiger partial charge on any atom is -0.357 e. The molecule has 1 aromatic carbocycles. The number of aryl methyl sites for hydroxylation is 2. The molecule has 6 heteroatoms. The van der Waals surface area contributed by atoms with Gasteiger partial charge in [0.1, 0.15) is 0 Å². The first-order valence-electron chi connectivity index (χ1n) is 9.11. The fourth-order valence-corrected chi connectivity index (χ4v) is 3.77. The predicted molar refractivity (Wildman–Crippen MR) is 99.6 cm³/mol. The van der Waals surface area contributed by atoms with Crippen LogP contribution in [0, 0.1) is 6.92 Å². The number of nitrogens with zero attached hydrogens (tertiary/aromatic N) is 3. The number of aromatic nitrogens is 2. The van der Waals surface area contributed by atoms with Gasteiger partial charge in [0, 0.05) is 32.4 Å². The second-order valence-electron chi connectivity index (χ2n) is 6.91. The number of amides is 2. The smallest absolute Gasteiger partial charge is 0.249 e. The van der Waals surface area contributed by atoms with Crippen molar-refractivity contribution in [3.05, 3.63) is 53.9 Å². The van der Waals surface area contributed by atoms with Crippen molar-refractivity contribution in [1.82, 2.24) is 20.0 Å². The molecule has 1 aliphatic rings. The summed E-state index contributed by atoms with van der Waals surface area (Å²) in [4.78, 5) is 27.3. The number of likely N-dealkylation sites (N-methyl/N-ethyl adjacent to an activating group) is 1. The van der Waals surface area contributed by atoms with Crippen LogP contribution in [0.4, 0.5) is 0 Å². The van der Waals surface area contributed by atoms with Crippen LogP contribution in [0.3, 0.4) is 0 Å². The van der Waals surface area contributed by atoms with E-state index in [0.29, 0.717) is 25.9 Å². The SMILES string of the molecule is CNC(=O)C1(n2cccn2)CCCN(C(=O)CCc2ccccc2C)C1. The zero-order chi connectivity index (χ0) is 18.6. The van der Waals surface area contributed by atoms with Crippen LogP contribution >= 0.6 is 0 Å². The minimum absolute atomic E-state index is 0.0911.